The predicted molar refractivity (Wildman–Crippen MR) is 139 cm³/mol. The van der Waals surface area contributed by atoms with Gasteiger partial charge in [-0.15, -0.1) is 0 Å². The molecule has 3 aromatic rings. The first-order valence-electron chi connectivity index (χ1n) is 13.1. The standard InChI is InChI=1S/C28H33N5O3/c34-28(21-7-11-33(18-21)23-16-25-24(30-17-23)4-3-8-29-25)31-22(19-32-9-1-2-10-32)14-20-5-6-26-27(15-20)36-13-12-35-26/h3-6,8,15-17,21-22H,1-2,7,9-14,18-19H2,(H,31,34). The van der Waals surface area contributed by atoms with Crippen LogP contribution in [0.3, 0.4) is 0 Å². The van der Waals surface area contributed by atoms with E-state index in [1.807, 2.05) is 24.4 Å². The summed E-state index contributed by atoms with van der Waals surface area (Å²) in [5, 5.41) is 3.41. The Kier molecular flexibility index (Phi) is 6.59. The van der Waals surface area contributed by atoms with Gasteiger partial charge in [-0.1, -0.05) is 6.07 Å². The molecule has 1 aromatic carbocycles. The summed E-state index contributed by atoms with van der Waals surface area (Å²) in [6, 6.07) is 12.1. The smallest absolute Gasteiger partial charge is 0.225 e. The van der Waals surface area contributed by atoms with Gasteiger partial charge in [-0.3, -0.25) is 14.8 Å². The molecular weight excluding hydrogens is 454 g/mol. The molecule has 0 aliphatic carbocycles. The largest absolute Gasteiger partial charge is 0.486 e. The van der Waals surface area contributed by atoms with Crippen LogP contribution in [0.1, 0.15) is 24.8 Å². The number of nitrogens with one attached hydrogen (secondary N) is 1. The molecule has 8 heteroatoms. The van der Waals surface area contributed by atoms with E-state index in [0.717, 1.165) is 72.8 Å². The van der Waals surface area contributed by atoms with Crippen LogP contribution in [0.25, 0.3) is 11.0 Å². The Bertz CT molecular complexity index is 1230. The van der Waals surface area contributed by atoms with Crippen LogP contribution < -0.4 is 19.7 Å². The highest BCUT2D eigenvalue weighted by atomic mass is 16.6. The quantitative estimate of drug-likeness (QED) is 0.549. The number of rotatable bonds is 7. The normalized spacial score (nSPS) is 20.6. The van der Waals surface area contributed by atoms with Gasteiger partial charge in [0.25, 0.3) is 0 Å². The molecule has 1 N–H and O–H groups in total. The maximum atomic E-state index is 13.4. The third kappa shape index (κ3) is 5.09. The number of amides is 1. The van der Waals surface area contributed by atoms with Crippen LogP contribution in [-0.4, -0.2) is 72.8 Å². The summed E-state index contributed by atoms with van der Waals surface area (Å²) in [5.74, 6) is 1.71. The number of likely N-dealkylation sites (tertiary alicyclic amines) is 1. The van der Waals surface area contributed by atoms with Gasteiger partial charge in [0.15, 0.2) is 11.5 Å². The van der Waals surface area contributed by atoms with E-state index < -0.39 is 0 Å². The molecule has 36 heavy (non-hydrogen) atoms. The first kappa shape index (κ1) is 23.0. The summed E-state index contributed by atoms with van der Waals surface area (Å²) < 4.78 is 11.5. The number of hydrogen-bond donors (Lipinski definition) is 1. The molecule has 2 saturated heterocycles. The molecule has 0 saturated carbocycles. The summed E-state index contributed by atoms with van der Waals surface area (Å²) >= 11 is 0. The van der Waals surface area contributed by atoms with Crippen molar-refractivity contribution in [1.29, 1.82) is 0 Å². The maximum Gasteiger partial charge on any atom is 0.225 e. The molecule has 0 bridgehead atoms. The second-order valence-corrected chi connectivity index (χ2v) is 10.1. The number of hydrogen-bond acceptors (Lipinski definition) is 7. The lowest BCUT2D eigenvalue weighted by molar-refractivity contribution is -0.125. The van der Waals surface area contributed by atoms with Crippen LogP contribution in [0, 0.1) is 5.92 Å². The van der Waals surface area contributed by atoms with Crippen molar-refractivity contribution < 1.29 is 14.3 Å². The fraction of sp³-hybridized carbons (Fsp3) is 0.464. The van der Waals surface area contributed by atoms with Gasteiger partial charge < -0.3 is 24.6 Å². The number of nitrogens with zero attached hydrogens (tertiary/aromatic N) is 4. The zero-order valence-corrected chi connectivity index (χ0v) is 20.6. The van der Waals surface area contributed by atoms with Crippen LogP contribution in [-0.2, 0) is 11.2 Å². The molecule has 2 fully saturated rings. The van der Waals surface area contributed by atoms with Gasteiger partial charge in [0.1, 0.15) is 13.2 Å². The molecule has 2 unspecified atom stereocenters. The maximum absolute atomic E-state index is 13.4. The van der Waals surface area contributed by atoms with Crippen molar-refractivity contribution in [3.8, 4) is 11.5 Å². The minimum Gasteiger partial charge on any atom is -0.486 e. The number of anilines is 1. The third-order valence-electron chi connectivity index (χ3n) is 7.47. The van der Waals surface area contributed by atoms with Gasteiger partial charge in [-0.25, -0.2) is 0 Å². The highest BCUT2D eigenvalue weighted by molar-refractivity contribution is 5.81. The summed E-state index contributed by atoms with van der Waals surface area (Å²) in [4.78, 5) is 27.1. The number of carbonyl (C=O) groups is 1. The molecular formula is C28H33N5O3. The molecule has 6 rings (SSSR count). The van der Waals surface area contributed by atoms with E-state index in [9.17, 15) is 4.79 Å². The van der Waals surface area contributed by atoms with E-state index in [2.05, 4.69) is 43.3 Å². The average molecular weight is 488 g/mol. The van der Waals surface area contributed by atoms with Crippen molar-refractivity contribution in [3.05, 3.63) is 54.4 Å². The zero-order chi connectivity index (χ0) is 24.3. The van der Waals surface area contributed by atoms with Crippen molar-refractivity contribution in [3.63, 3.8) is 0 Å². The van der Waals surface area contributed by atoms with Gasteiger partial charge in [0.05, 0.1) is 28.8 Å². The first-order valence-corrected chi connectivity index (χ1v) is 13.1. The molecule has 1 amide bonds. The van der Waals surface area contributed by atoms with Crippen LogP contribution in [0.2, 0.25) is 0 Å². The Labute approximate surface area is 211 Å². The van der Waals surface area contributed by atoms with Crippen molar-refractivity contribution in [1.82, 2.24) is 20.2 Å². The van der Waals surface area contributed by atoms with Crippen LogP contribution in [0.15, 0.2) is 48.8 Å². The van der Waals surface area contributed by atoms with Crippen molar-refractivity contribution in [2.45, 2.75) is 31.7 Å². The zero-order valence-electron chi connectivity index (χ0n) is 20.6. The van der Waals surface area contributed by atoms with Gasteiger partial charge in [0.2, 0.25) is 5.91 Å². The molecule has 8 nitrogen and oxygen atoms in total. The highest BCUT2D eigenvalue weighted by Gasteiger charge is 2.31. The molecule has 2 atom stereocenters. The highest BCUT2D eigenvalue weighted by Crippen LogP contribution is 2.31. The predicted octanol–water partition coefficient (Wildman–Crippen LogP) is 3.05. The second-order valence-electron chi connectivity index (χ2n) is 10.1. The van der Waals surface area contributed by atoms with Crippen LogP contribution >= 0.6 is 0 Å². The number of pyridine rings is 2. The summed E-state index contributed by atoms with van der Waals surface area (Å²) in [6.07, 6.45) is 7.76. The average Bonchev–Trinajstić information content (AvgIpc) is 3.61. The Morgan fingerprint density at radius 2 is 1.89 bits per heavy atom. The lowest BCUT2D eigenvalue weighted by Crippen LogP contribution is -2.46. The second kappa shape index (κ2) is 10.3. The number of benzene rings is 1. The molecule has 0 radical (unpaired) electrons. The number of carbonyl (C=O) groups excluding carboxylic acids is 1. The van der Waals surface area contributed by atoms with E-state index in [1.54, 1.807) is 6.20 Å². The van der Waals surface area contributed by atoms with E-state index in [-0.39, 0.29) is 17.9 Å². The SMILES string of the molecule is O=C(NC(Cc1ccc2c(c1)OCCO2)CN1CCCC1)C1CCN(c2cnc3cccnc3c2)C1. The molecule has 3 aliphatic heterocycles. The van der Waals surface area contributed by atoms with Gasteiger partial charge >= 0.3 is 0 Å². The first-order chi connectivity index (χ1) is 17.7. The molecule has 188 valence electrons. The van der Waals surface area contributed by atoms with E-state index in [4.69, 9.17) is 9.47 Å². The van der Waals surface area contributed by atoms with Crippen LogP contribution in [0.5, 0.6) is 11.5 Å². The minimum atomic E-state index is -0.0363. The Morgan fingerprint density at radius 3 is 2.78 bits per heavy atom. The monoisotopic (exact) mass is 487 g/mol. The van der Waals surface area contributed by atoms with E-state index in [1.165, 1.54) is 12.8 Å². The number of aromatic nitrogens is 2. The lowest BCUT2D eigenvalue weighted by atomic mass is 10.0. The van der Waals surface area contributed by atoms with Gasteiger partial charge in [-0.2, -0.15) is 0 Å². The van der Waals surface area contributed by atoms with Gasteiger partial charge in [-0.05, 0) is 74.7 Å². The number of ether oxygens (including phenoxy) is 2. The van der Waals surface area contributed by atoms with Crippen molar-refractivity contribution in [2.24, 2.45) is 5.92 Å². The summed E-state index contributed by atoms with van der Waals surface area (Å²) in [7, 11) is 0. The fourth-order valence-corrected chi connectivity index (χ4v) is 5.58. The Hall–Kier alpha value is -3.39. The van der Waals surface area contributed by atoms with Gasteiger partial charge in [0, 0.05) is 31.9 Å². The number of fused-ring (bicyclic) bond motifs is 2. The molecule has 5 heterocycles. The molecule has 0 spiro atoms. The Balaban J connectivity index is 1.12. The topological polar surface area (TPSA) is 79.8 Å². The Morgan fingerprint density at radius 1 is 1.03 bits per heavy atom. The van der Waals surface area contributed by atoms with E-state index in [0.29, 0.717) is 19.8 Å². The summed E-state index contributed by atoms with van der Waals surface area (Å²) in [5.41, 5.74) is 3.96. The van der Waals surface area contributed by atoms with Crippen LogP contribution in [0.4, 0.5) is 5.69 Å². The molecule has 2 aromatic heterocycles. The summed E-state index contributed by atoms with van der Waals surface area (Å²) in [6.45, 7) is 5.79. The van der Waals surface area contributed by atoms with Crippen molar-refractivity contribution >= 4 is 22.6 Å². The van der Waals surface area contributed by atoms with E-state index >= 15 is 0 Å². The fourth-order valence-electron chi connectivity index (χ4n) is 5.58. The minimum absolute atomic E-state index is 0.0363. The third-order valence-corrected chi connectivity index (χ3v) is 7.47. The molecule has 3 aliphatic rings. The lowest BCUT2D eigenvalue weighted by Gasteiger charge is -2.27. The van der Waals surface area contributed by atoms with Crippen molar-refractivity contribution in [2.75, 3.05) is 50.8 Å².